The first-order valence-electron chi connectivity index (χ1n) is 5.02. The van der Waals surface area contributed by atoms with Crippen LogP contribution in [0.4, 0.5) is 0 Å². The van der Waals surface area contributed by atoms with Crippen molar-refractivity contribution in [1.82, 2.24) is 4.90 Å². The van der Waals surface area contributed by atoms with Gasteiger partial charge in [-0.15, -0.1) is 0 Å². The molecule has 6 heteroatoms. The molecule has 0 heterocycles. The van der Waals surface area contributed by atoms with Gasteiger partial charge in [-0.1, -0.05) is 6.07 Å². The standard InChI is InChI=1S/C11H15NO4S/c1-12(6-7-17(2,15)16)11(14)9-4-3-5-10(13)8-9/h3-5,8,13H,6-7H2,1-2H3. The largest absolute Gasteiger partial charge is 0.508 e. The number of benzene rings is 1. The molecule has 5 nitrogen and oxygen atoms in total. The molecule has 0 radical (unpaired) electrons. The second-order valence-electron chi connectivity index (χ2n) is 3.91. The SMILES string of the molecule is CN(CCS(C)(=O)=O)C(=O)c1cccc(O)c1. The van der Waals surface area contributed by atoms with Gasteiger partial charge in [-0.05, 0) is 18.2 Å². The Labute approximate surface area is 101 Å². The Bertz CT molecular complexity index is 510. The van der Waals surface area contributed by atoms with Gasteiger partial charge in [0.05, 0.1) is 5.75 Å². The van der Waals surface area contributed by atoms with E-state index in [1.54, 1.807) is 12.1 Å². The fourth-order valence-corrected chi connectivity index (χ4v) is 1.87. The molecule has 1 N–H and O–H groups in total. The molecule has 1 aromatic rings. The summed E-state index contributed by atoms with van der Waals surface area (Å²) < 4.78 is 21.9. The van der Waals surface area contributed by atoms with Crippen molar-refractivity contribution in [1.29, 1.82) is 0 Å². The molecule has 0 saturated heterocycles. The molecule has 0 atom stereocenters. The topological polar surface area (TPSA) is 74.7 Å². The first-order valence-corrected chi connectivity index (χ1v) is 7.08. The van der Waals surface area contributed by atoms with E-state index in [-0.39, 0.29) is 24.0 Å². The molecule has 1 aromatic carbocycles. The van der Waals surface area contributed by atoms with Gasteiger partial charge >= 0.3 is 0 Å². The molecule has 0 aliphatic heterocycles. The zero-order chi connectivity index (χ0) is 13.1. The van der Waals surface area contributed by atoms with Crippen molar-refractivity contribution in [2.45, 2.75) is 0 Å². The predicted molar refractivity (Wildman–Crippen MR) is 64.8 cm³/mol. The lowest BCUT2D eigenvalue weighted by Crippen LogP contribution is -2.31. The van der Waals surface area contributed by atoms with Gasteiger partial charge in [-0.2, -0.15) is 0 Å². The van der Waals surface area contributed by atoms with E-state index in [0.717, 1.165) is 6.26 Å². The van der Waals surface area contributed by atoms with E-state index < -0.39 is 9.84 Å². The van der Waals surface area contributed by atoms with E-state index in [0.29, 0.717) is 5.56 Å². The van der Waals surface area contributed by atoms with Crippen molar-refractivity contribution in [2.24, 2.45) is 0 Å². The summed E-state index contributed by atoms with van der Waals surface area (Å²) in [6.45, 7) is 0.132. The summed E-state index contributed by atoms with van der Waals surface area (Å²) in [5, 5.41) is 9.24. The smallest absolute Gasteiger partial charge is 0.253 e. The number of aromatic hydroxyl groups is 1. The normalized spacial score (nSPS) is 11.2. The number of amides is 1. The molecule has 0 aliphatic rings. The van der Waals surface area contributed by atoms with Gasteiger partial charge in [0.2, 0.25) is 0 Å². The molecule has 0 fully saturated rings. The summed E-state index contributed by atoms with van der Waals surface area (Å²) in [6.07, 6.45) is 1.12. The molecule has 1 amide bonds. The summed E-state index contributed by atoms with van der Waals surface area (Å²) in [7, 11) is -1.56. The monoisotopic (exact) mass is 257 g/mol. The number of hydrogen-bond donors (Lipinski definition) is 1. The molecule has 0 bridgehead atoms. The number of sulfone groups is 1. The second-order valence-corrected chi connectivity index (χ2v) is 6.17. The lowest BCUT2D eigenvalue weighted by molar-refractivity contribution is 0.0803. The Morgan fingerprint density at radius 1 is 1.41 bits per heavy atom. The number of rotatable bonds is 4. The van der Waals surface area contributed by atoms with Gasteiger partial charge < -0.3 is 10.0 Å². The molecule has 17 heavy (non-hydrogen) atoms. The summed E-state index contributed by atoms with van der Waals surface area (Å²) in [4.78, 5) is 13.1. The van der Waals surface area contributed by atoms with E-state index in [1.807, 2.05) is 0 Å². The van der Waals surface area contributed by atoms with Crippen molar-refractivity contribution in [3.63, 3.8) is 0 Å². The fourth-order valence-electron chi connectivity index (χ4n) is 1.26. The minimum Gasteiger partial charge on any atom is -0.508 e. The van der Waals surface area contributed by atoms with E-state index in [9.17, 15) is 18.3 Å². The van der Waals surface area contributed by atoms with Crippen LogP contribution in [-0.2, 0) is 9.84 Å². The van der Waals surface area contributed by atoms with E-state index >= 15 is 0 Å². The molecule has 0 unspecified atom stereocenters. The molecule has 0 aromatic heterocycles. The van der Waals surface area contributed by atoms with Gasteiger partial charge in [0.25, 0.3) is 5.91 Å². The molecule has 94 valence electrons. The molecule has 0 saturated carbocycles. The Hall–Kier alpha value is -1.56. The summed E-state index contributed by atoms with van der Waals surface area (Å²) in [5.41, 5.74) is 0.334. The van der Waals surface area contributed by atoms with Gasteiger partial charge in [0.15, 0.2) is 0 Å². The molecule has 1 rings (SSSR count). The molecule has 0 spiro atoms. The lowest BCUT2D eigenvalue weighted by Gasteiger charge is -2.16. The molecule has 0 aliphatic carbocycles. The average molecular weight is 257 g/mol. The average Bonchev–Trinajstić information content (AvgIpc) is 2.24. The molecular weight excluding hydrogens is 242 g/mol. The Balaban J connectivity index is 2.70. The quantitative estimate of drug-likeness (QED) is 0.852. The van der Waals surface area contributed by atoms with Crippen LogP contribution in [0.1, 0.15) is 10.4 Å². The highest BCUT2D eigenvalue weighted by atomic mass is 32.2. The Kier molecular flexibility index (Phi) is 4.11. The summed E-state index contributed by atoms with van der Waals surface area (Å²) in [5.74, 6) is -0.384. The number of hydrogen-bond acceptors (Lipinski definition) is 4. The number of phenols is 1. The summed E-state index contributed by atoms with van der Waals surface area (Å²) in [6, 6.07) is 5.94. The highest BCUT2D eigenvalue weighted by molar-refractivity contribution is 7.90. The number of nitrogens with zero attached hydrogens (tertiary/aromatic N) is 1. The number of phenolic OH excluding ortho intramolecular Hbond substituents is 1. The zero-order valence-corrected chi connectivity index (χ0v) is 10.6. The van der Waals surface area contributed by atoms with Gasteiger partial charge in [-0.25, -0.2) is 8.42 Å². The van der Waals surface area contributed by atoms with Crippen LogP contribution in [0.5, 0.6) is 5.75 Å². The van der Waals surface area contributed by atoms with Crippen molar-refractivity contribution in [3.05, 3.63) is 29.8 Å². The lowest BCUT2D eigenvalue weighted by atomic mass is 10.2. The maximum atomic E-state index is 11.8. The van der Waals surface area contributed by atoms with E-state index in [1.165, 1.54) is 24.1 Å². The highest BCUT2D eigenvalue weighted by Gasteiger charge is 2.13. The van der Waals surface area contributed by atoms with Crippen LogP contribution in [0.15, 0.2) is 24.3 Å². The third kappa shape index (κ3) is 4.44. The van der Waals surface area contributed by atoms with Gasteiger partial charge in [0, 0.05) is 25.4 Å². The van der Waals surface area contributed by atoms with E-state index in [2.05, 4.69) is 0 Å². The maximum Gasteiger partial charge on any atom is 0.253 e. The van der Waals surface area contributed by atoms with Gasteiger partial charge in [-0.3, -0.25) is 4.79 Å². The molecular formula is C11H15NO4S. The third-order valence-electron chi connectivity index (χ3n) is 2.24. The highest BCUT2D eigenvalue weighted by Crippen LogP contribution is 2.12. The second kappa shape index (κ2) is 5.18. The summed E-state index contributed by atoms with van der Waals surface area (Å²) >= 11 is 0. The Morgan fingerprint density at radius 3 is 2.59 bits per heavy atom. The first kappa shape index (κ1) is 13.5. The third-order valence-corrected chi connectivity index (χ3v) is 3.16. The van der Waals surface area contributed by atoms with Gasteiger partial charge in [0.1, 0.15) is 15.6 Å². The van der Waals surface area contributed by atoms with Crippen molar-refractivity contribution in [2.75, 3.05) is 25.6 Å². The van der Waals surface area contributed by atoms with Crippen LogP contribution in [0.3, 0.4) is 0 Å². The van der Waals surface area contributed by atoms with Crippen LogP contribution < -0.4 is 0 Å². The van der Waals surface area contributed by atoms with Crippen LogP contribution >= 0.6 is 0 Å². The number of carbonyl (C=O) groups excluding carboxylic acids is 1. The predicted octanol–water partition coefficient (Wildman–Crippen LogP) is 0.509. The van der Waals surface area contributed by atoms with Crippen LogP contribution in [0, 0.1) is 0 Å². The maximum absolute atomic E-state index is 11.8. The van der Waals surface area contributed by atoms with Crippen LogP contribution in [0.2, 0.25) is 0 Å². The van der Waals surface area contributed by atoms with E-state index in [4.69, 9.17) is 0 Å². The zero-order valence-electron chi connectivity index (χ0n) is 9.75. The van der Waals surface area contributed by atoms with Crippen LogP contribution in [-0.4, -0.2) is 49.9 Å². The number of carbonyl (C=O) groups is 1. The minimum absolute atomic E-state index is 0.00682. The fraction of sp³-hybridized carbons (Fsp3) is 0.364. The van der Waals surface area contributed by atoms with Crippen molar-refractivity contribution >= 4 is 15.7 Å². The Morgan fingerprint density at radius 2 is 2.06 bits per heavy atom. The van der Waals surface area contributed by atoms with Crippen LogP contribution in [0.25, 0.3) is 0 Å². The first-order chi connectivity index (χ1) is 7.79. The van der Waals surface area contributed by atoms with Crippen molar-refractivity contribution in [3.8, 4) is 5.75 Å². The minimum atomic E-state index is -3.09. The van der Waals surface area contributed by atoms with Crippen molar-refractivity contribution < 1.29 is 18.3 Å².